The second kappa shape index (κ2) is 12.6. The van der Waals surface area contributed by atoms with Crippen LogP contribution in [0.4, 0.5) is 0 Å². The molecule has 0 heterocycles. The first-order valence-electron chi connectivity index (χ1n) is 12.3. The molecule has 37 heavy (non-hydrogen) atoms. The lowest BCUT2D eigenvalue weighted by Gasteiger charge is -2.22. The van der Waals surface area contributed by atoms with E-state index in [1.807, 2.05) is 50.2 Å². The summed E-state index contributed by atoms with van der Waals surface area (Å²) in [5.41, 5.74) is 0.673. The van der Waals surface area contributed by atoms with E-state index in [9.17, 15) is 9.59 Å². The Morgan fingerprint density at radius 3 is 1.62 bits per heavy atom. The van der Waals surface area contributed by atoms with Crippen LogP contribution >= 0.6 is 11.6 Å². The summed E-state index contributed by atoms with van der Waals surface area (Å²) >= 11 is 6.38. The summed E-state index contributed by atoms with van der Waals surface area (Å²) in [5, 5.41) is 3.75. The van der Waals surface area contributed by atoms with Crippen LogP contribution in [0, 0.1) is 0 Å². The average molecular weight is 525 g/mol. The average Bonchev–Trinajstić information content (AvgIpc) is 2.88. The fraction of sp³-hybridized carbons (Fsp3) is 0.333. The van der Waals surface area contributed by atoms with E-state index >= 15 is 0 Å². The summed E-state index contributed by atoms with van der Waals surface area (Å²) in [6, 6.07) is 13.2. The van der Waals surface area contributed by atoms with Gasteiger partial charge in [-0.1, -0.05) is 62.9 Å². The predicted octanol–water partition coefficient (Wildman–Crippen LogP) is 7.20. The lowest BCUT2D eigenvalue weighted by Crippen LogP contribution is -2.25. The summed E-state index contributed by atoms with van der Waals surface area (Å²) in [6.07, 6.45) is 0.289. The molecule has 0 bridgehead atoms. The monoisotopic (exact) mass is 524 g/mol. The van der Waals surface area contributed by atoms with Gasteiger partial charge in [0.05, 0.1) is 0 Å². The summed E-state index contributed by atoms with van der Waals surface area (Å²) in [6.45, 7) is 14.7. The van der Waals surface area contributed by atoms with E-state index in [2.05, 4.69) is 13.2 Å². The molecule has 0 radical (unpaired) electrons. The molecule has 0 spiro atoms. The first-order chi connectivity index (χ1) is 17.7. The van der Waals surface area contributed by atoms with Crippen molar-refractivity contribution in [1.82, 2.24) is 0 Å². The number of carbonyl (C=O) groups excluding carboxylic acids is 2. The molecule has 2 atom stereocenters. The van der Waals surface area contributed by atoms with E-state index in [1.165, 1.54) is 0 Å². The molecule has 0 saturated carbocycles. The Morgan fingerprint density at radius 2 is 1.19 bits per heavy atom. The molecule has 0 aliphatic carbocycles. The molecular weight excluding hydrogens is 492 g/mol. The second-order valence-corrected chi connectivity index (χ2v) is 9.38. The first-order valence-corrected chi connectivity index (χ1v) is 12.7. The molecule has 6 nitrogen and oxygen atoms in total. The molecular formula is C30H33ClO6. The zero-order valence-corrected chi connectivity index (χ0v) is 22.5. The van der Waals surface area contributed by atoms with E-state index in [0.29, 0.717) is 40.5 Å². The molecule has 0 fully saturated rings. The summed E-state index contributed by atoms with van der Waals surface area (Å²) < 4.78 is 23.6. The fourth-order valence-electron chi connectivity index (χ4n) is 3.71. The molecule has 7 heteroatoms. The van der Waals surface area contributed by atoms with Gasteiger partial charge in [0.15, 0.2) is 0 Å². The van der Waals surface area contributed by atoms with Gasteiger partial charge < -0.3 is 18.9 Å². The van der Waals surface area contributed by atoms with Gasteiger partial charge in [-0.3, -0.25) is 0 Å². The third kappa shape index (κ3) is 6.83. The van der Waals surface area contributed by atoms with Gasteiger partial charge in [0, 0.05) is 37.7 Å². The number of hydrogen-bond donors (Lipinski definition) is 0. The van der Waals surface area contributed by atoms with Crippen molar-refractivity contribution in [2.45, 2.75) is 52.7 Å². The van der Waals surface area contributed by atoms with Crippen LogP contribution in [0.5, 0.6) is 11.5 Å². The SMILES string of the molecule is C=C(C)C(=O)OC(CC)COc1c2ccccc2c(OCC(CC)OC(=O)C(=C)C)c2cc(Cl)ccc12. The quantitative estimate of drug-likeness (QED) is 0.142. The van der Waals surface area contributed by atoms with Crippen LogP contribution in [-0.2, 0) is 19.1 Å². The molecule has 3 aromatic carbocycles. The summed E-state index contributed by atoms with van der Waals surface area (Å²) in [4.78, 5) is 24.1. The van der Waals surface area contributed by atoms with Gasteiger partial charge in [-0.2, -0.15) is 0 Å². The summed E-state index contributed by atoms with van der Waals surface area (Å²) in [7, 11) is 0. The predicted molar refractivity (Wildman–Crippen MR) is 147 cm³/mol. The number of esters is 2. The number of fused-ring (bicyclic) bond motifs is 2. The molecule has 0 aliphatic heterocycles. The van der Waals surface area contributed by atoms with Crippen molar-refractivity contribution in [1.29, 1.82) is 0 Å². The zero-order valence-electron chi connectivity index (χ0n) is 21.8. The topological polar surface area (TPSA) is 71.1 Å². The number of hydrogen-bond acceptors (Lipinski definition) is 6. The maximum absolute atomic E-state index is 12.0. The van der Waals surface area contributed by atoms with Crippen LogP contribution in [0.3, 0.4) is 0 Å². The highest BCUT2D eigenvalue weighted by Gasteiger charge is 2.21. The van der Waals surface area contributed by atoms with E-state index in [0.717, 1.165) is 21.5 Å². The van der Waals surface area contributed by atoms with E-state index in [-0.39, 0.29) is 13.2 Å². The van der Waals surface area contributed by atoms with Crippen LogP contribution in [0.1, 0.15) is 40.5 Å². The molecule has 196 valence electrons. The van der Waals surface area contributed by atoms with Gasteiger partial charge in [0.25, 0.3) is 0 Å². The smallest absolute Gasteiger partial charge is 0.333 e. The van der Waals surface area contributed by atoms with Crippen molar-refractivity contribution in [3.05, 3.63) is 71.8 Å². The zero-order chi connectivity index (χ0) is 27.1. The molecule has 3 aromatic rings. The van der Waals surface area contributed by atoms with Gasteiger partial charge >= 0.3 is 11.9 Å². The van der Waals surface area contributed by atoms with Crippen molar-refractivity contribution < 1.29 is 28.5 Å². The Hall–Kier alpha value is -3.51. The minimum atomic E-state index is -0.449. The number of halogens is 1. The Bertz CT molecular complexity index is 1330. The minimum Gasteiger partial charge on any atom is -0.488 e. The number of carbonyl (C=O) groups is 2. The Balaban J connectivity index is 2.01. The maximum atomic E-state index is 12.0. The van der Waals surface area contributed by atoms with Crippen molar-refractivity contribution in [2.75, 3.05) is 13.2 Å². The largest absolute Gasteiger partial charge is 0.488 e. The van der Waals surface area contributed by atoms with Crippen molar-refractivity contribution in [3.8, 4) is 11.5 Å². The highest BCUT2D eigenvalue weighted by atomic mass is 35.5. The van der Waals surface area contributed by atoms with E-state index in [1.54, 1.807) is 19.9 Å². The Kier molecular flexibility index (Phi) is 9.59. The molecule has 0 aliphatic rings. The normalized spacial score (nSPS) is 12.6. The van der Waals surface area contributed by atoms with Crippen LogP contribution in [0.15, 0.2) is 66.8 Å². The first kappa shape index (κ1) is 28.1. The van der Waals surface area contributed by atoms with Gasteiger partial charge in [-0.05, 0) is 44.9 Å². The third-order valence-corrected chi connectivity index (χ3v) is 6.10. The lowest BCUT2D eigenvalue weighted by molar-refractivity contribution is -0.146. The van der Waals surface area contributed by atoms with Crippen molar-refractivity contribution in [2.24, 2.45) is 0 Å². The van der Waals surface area contributed by atoms with Crippen molar-refractivity contribution in [3.63, 3.8) is 0 Å². The molecule has 0 saturated heterocycles. The number of benzene rings is 3. The van der Waals surface area contributed by atoms with Gasteiger partial charge in [0.1, 0.15) is 36.9 Å². The van der Waals surface area contributed by atoms with Gasteiger partial charge in [-0.15, -0.1) is 0 Å². The third-order valence-electron chi connectivity index (χ3n) is 5.87. The maximum Gasteiger partial charge on any atom is 0.333 e. The van der Waals surface area contributed by atoms with Crippen LogP contribution in [0.25, 0.3) is 21.5 Å². The molecule has 2 unspecified atom stereocenters. The van der Waals surface area contributed by atoms with E-state index < -0.39 is 24.1 Å². The standard InChI is InChI=1S/C30H33ClO6/c1-7-21(36-29(32)18(3)4)16-34-27-23-11-9-10-12-24(23)28(26-15-20(31)13-14-25(26)27)35-17-22(8-2)37-30(33)19(5)6/h9-15,21-22H,3,5,7-8,16-17H2,1-2,4,6H3. The molecule has 3 rings (SSSR count). The molecule has 0 amide bonds. The lowest BCUT2D eigenvalue weighted by atomic mass is 10.0. The fourth-order valence-corrected chi connectivity index (χ4v) is 3.88. The Morgan fingerprint density at radius 1 is 0.757 bits per heavy atom. The highest BCUT2D eigenvalue weighted by molar-refractivity contribution is 6.31. The van der Waals surface area contributed by atoms with E-state index in [4.69, 9.17) is 30.5 Å². The number of ether oxygens (including phenoxy) is 4. The van der Waals surface area contributed by atoms with Crippen LogP contribution in [-0.4, -0.2) is 37.4 Å². The highest BCUT2D eigenvalue weighted by Crippen LogP contribution is 2.43. The second-order valence-electron chi connectivity index (χ2n) is 8.95. The molecule has 0 N–H and O–H groups in total. The number of rotatable bonds is 12. The summed E-state index contributed by atoms with van der Waals surface area (Å²) in [5.74, 6) is 0.361. The van der Waals surface area contributed by atoms with Gasteiger partial charge in [-0.25, -0.2) is 9.59 Å². The molecule has 0 aromatic heterocycles. The van der Waals surface area contributed by atoms with Crippen LogP contribution < -0.4 is 9.47 Å². The van der Waals surface area contributed by atoms with Crippen LogP contribution in [0.2, 0.25) is 5.02 Å². The van der Waals surface area contributed by atoms with Gasteiger partial charge in [0.2, 0.25) is 0 Å². The van der Waals surface area contributed by atoms with Crippen molar-refractivity contribution >= 4 is 45.1 Å². The Labute approximate surface area is 222 Å². The minimum absolute atomic E-state index is 0.163.